The molecule has 0 unspecified atom stereocenters. The average molecular weight is 224 g/mol. The topological polar surface area (TPSA) is 34.9 Å². The van der Waals surface area contributed by atoms with Crippen molar-refractivity contribution in [3.05, 3.63) is 18.2 Å². The quantitative estimate of drug-likeness (QED) is 0.738. The van der Waals surface area contributed by atoms with Crippen LogP contribution >= 0.6 is 11.8 Å². The second kappa shape index (κ2) is 4.84. The van der Waals surface area contributed by atoms with Crippen LogP contribution in [0.4, 0.5) is 0 Å². The molecule has 1 aliphatic rings. The van der Waals surface area contributed by atoms with Gasteiger partial charge in [-0.1, -0.05) is 0 Å². The fourth-order valence-corrected chi connectivity index (χ4v) is 3.08. The fourth-order valence-electron chi connectivity index (χ4n) is 1.87. The molecule has 0 N–H and O–H groups in total. The highest BCUT2D eigenvalue weighted by Crippen LogP contribution is 2.26. The minimum absolute atomic E-state index is 0.201. The van der Waals surface area contributed by atoms with Gasteiger partial charge < -0.3 is 4.57 Å². The first-order valence-corrected chi connectivity index (χ1v) is 6.50. The maximum atomic E-state index is 11.8. The van der Waals surface area contributed by atoms with Gasteiger partial charge in [-0.3, -0.25) is 4.79 Å². The van der Waals surface area contributed by atoms with E-state index in [4.69, 9.17) is 0 Å². The first kappa shape index (κ1) is 10.7. The zero-order valence-electron chi connectivity index (χ0n) is 8.98. The molecule has 3 nitrogen and oxygen atoms in total. The Labute approximate surface area is 94.3 Å². The van der Waals surface area contributed by atoms with Crippen molar-refractivity contribution in [2.24, 2.45) is 13.0 Å². The maximum absolute atomic E-state index is 11.8. The summed E-state index contributed by atoms with van der Waals surface area (Å²) in [6.07, 6.45) is 6.54. The van der Waals surface area contributed by atoms with E-state index in [1.54, 1.807) is 12.5 Å². The molecule has 2 heterocycles. The van der Waals surface area contributed by atoms with E-state index < -0.39 is 0 Å². The van der Waals surface area contributed by atoms with Gasteiger partial charge in [-0.15, -0.1) is 0 Å². The third-order valence-corrected chi connectivity index (χ3v) is 3.85. The number of aryl methyl sites for hydroxylation is 1. The smallest absolute Gasteiger partial charge is 0.183 e. The lowest BCUT2D eigenvalue weighted by Crippen LogP contribution is -2.14. The van der Waals surface area contributed by atoms with Crippen molar-refractivity contribution < 1.29 is 4.79 Å². The number of imidazole rings is 1. The maximum Gasteiger partial charge on any atom is 0.183 e. The Morgan fingerprint density at radius 1 is 1.60 bits per heavy atom. The third kappa shape index (κ3) is 2.84. The lowest BCUT2D eigenvalue weighted by atomic mass is 9.95. The standard InChI is InChI=1S/C11H16N2OS/c1-13-7-10(12-8-13)11(14)6-9-2-4-15-5-3-9/h7-9H,2-6H2,1H3. The molecule has 1 fully saturated rings. The van der Waals surface area contributed by atoms with E-state index in [0.29, 0.717) is 18.0 Å². The van der Waals surface area contributed by atoms with E-state index in [-0.39, 0.29) is 5.78 Å². The van der Waals surface area contributed by atoms with Crippen LogP contribution < -0.4 is 0 Å². The van der Waals surface area contributed by atoms with Crippen LogP contribution in [0, 0.1) is 5.92 Å². The molecular weight excluding hydrogens is 208 g/mol. The van der Waals surface area contributed by atoms with Crippen molar-refractivity contribution in [2.75, 3.05) is 11.5 Å². The molecule has 1 aliphatic heterocycles. The molecule has 0 spiro atoms. The summed E-state index contributed by atoms with van der Waals surface area (Å²) in [5.74, 6) is 3.20. The lowest BCUT2D eigenvalue weighted by molar-refractivity contribution is 0.0954. The molecule has 1 aromatic heterocycles. The van der Waals surface area contributed by atoms with Gasteiger partial charge in [-0.05, 0) is 30.3 Å². The number of Topliss-reactive ketones (excluding diaryl/α,β-unsaturated/α-hetero) is 1. The normalized spacial score (nSPS) is 17.9. The van der Waals surface area contributed by atoms with Gasteiger partial charge in [-0.2, -0.15) is 11.8 Å². The van der Waals surface area contributed by atoms with E-state index in [0.717, 1.165) is 0 Å². The Kier molecular flexibility index (Phi) is 3.46. The second-order valence-corrected chi connectivity index (χ2v) is 5.33. The molecule has 1 aromatic rings. The summed E-state index contributed by atoms with van der Waals surface area (Å²) < 4.78 is 1.82. The molecule has 0 aliphatic carbocycles. The number of hydrogen-bond donors (Lipinski definition) is 0. The summed E-state index contributed by atoms with van der Waals surface area (Å²) in [6.45, 7) is 0. The number of thioether (sulfide) groups is 1. The van der Waals surface area contributed by atoms with Crippen LogP contribution in [0.25, 0.3) is 0 Å². The van der Waals surface area contributed by atoms with E-state index in [2.05, 4.69) is 4.98 Å². The van der Waals surface area contributed by atoms with Gasteiger partial charge in [0.05, 0.1) is 6.33 Å². The minimum atomic E-state index is 0.201. The Bertz CT molecular complexity index is 342. The van der Waals surface area contributed by atoms with Crippen LogP contribution in [0.3, 0.4) is 0 Å². The van der Waals surface area contributed by atoms with Gasteiger partial charge in [0.25, 0.3) is 0 Å². The second-order valence-electron chi connectivity index (χ2n) is 4.11. The molecule has 4 heteroatoms. The molecule has 15 heavy (non-hydrogen) atoms. The van der Waals surface area contributed by atoms with Crippen molar-refractivity contribution in [1.82, 2.24) is 9.55 Å². The molecule has 0 bridgehead atoms. The van der Waals surface area contributed by atoms with E-state index in [9.17, 15) is 4.79 Å². The largest absolute Gasteiger partial charge is 0.340 e. The van der Waals surface area contributed by atoms with Crippen molar-refractivity contribution >= 4 is 17.5 Å². The molecule has 2 rings (SSSR count). The van der Waals surface area contributed by atoms with Crippen molar-refractivity contribution in [1.29, 1.82) is 0 Å². The summed E-state index contributed by atoms with van der Waals surface area (Å²) in [5.41, 5.74) is 0.621. The van der Waals surface area contributed by atoms with Crippen molar-refractivity contribution in [3.63, 3.8) is 0 Å². The Hall–Kier alpha value is -0.770. The van der Waals surface area contributed by atoms with Gasteiger partial charge in [0.15, 0.2) is 5.78 Å². The van der Waals surface area contributed by atoms with Gasteiger partial charge in [0.1, 0.15) is 5.69 Å². The van der Waals surface area contributed by atoms with E-state index >= 15 is 0 Å². The number of ketones is 1. The number of carbonyl (C=O) groups excluding carboxylic acids is 1. The number of carbonyl (C=O) groups is 1. The Balaban J connectivity index is 1.91. The van der Waals surface area contributed by atoms with Gasteiger partial charge in [-0.25, -0.2) is 4.98 Å². The number of hydrogen-bond acceptors (Lipinski definition) is 3. The van der Waals surface area contributed by atoms with E-state index in [1.165, 1.54) is 24.3 Å². The van der Waals surface area contributed by atoms with Crippen LogP contribution in [0.15, 0.2) is 12.5 Å². The predicted molar refractivity (Wildman–Crippen MR) is 62.2 cm³/mol. The molecule has 0 amide bonds. The highest BCUT2D eigenvalue weighted by molar-refractivity contribution is 7.99. The lowest BCUT2D eigenvalue weighted by Gasteiger charge is -2.19. The molecule has 82 valence electrons. The molecule has 0 aromatic carbocycles. The highest BCUT2D eigenvalue weighted by atomic mass is 32.2. The summed E-state index contributed by atoms with van der Waals surface area (Å²) in [4.78, 5) is 15.9. The predicted octanol–water partition coefficient (Wildman–Crippen LogP) is 2.14. The molecule has 1 saturated heterocycles. The van der Waals surface area contributed by atoms with Gasteiger partial charge in [0, 0.05) is 19.7 Å². The SMILES string of the molecule is Cn1cnc(C(=O)CC2CCSCC2)c1. The monoisotopic (exact) mass is 224 g/mol. The van der Waals surface area contributed by atoms with Crippen LogP contribution in [0.1, 0.15) is 29.8 Å². The summed E-state index contributed by atoms with van der Waals surface area (Å²) in [6, 6.07) is 0. The summed E-state index contributed by atoms with van der Waals surface area (Å²) >= 11 is 1.99. The third-order valence-electron chi connectivity index (χ3n) is 2.81. The first-order chi connectivity index (χ1) is 7.25. The number of aromatic nitrogens is 2. The van der Waals surface area contributed by atoms with Crippen LogP contribution in [0.2, 0.25) is 0 Å². The summed E-state index contributed by atoms with van der Waals surface area (Å²) in [5, 5.41) is 0. The minimum Gasteiger partial charge on any atom is -0.340 e. The zero-order valence-corrected chi connectivity index (χ0v) is 9.80. The number of rotatable bonds is 3. The van der Waals surface area contributed by atoms with Gasteiger partial charge in [0.2, 0.25) is 0 Å². The Morgan fingerprint density at radius 3 is 2.93 bits per heavy atom. The van der Waals surface area contributed by atoms with Crippen LogP contribution in [-0.4, -0.2) is 26.8 Å². The van der Waals surface area contributed by atoms with Crippen LogP contribution in [-0.2, 0) is 7.05 Å². The van der Waals surface area contributed by atoms with Crippen molar-refractivity contribution in [2.45, 2.75) is 19.3 Å². The molecule has 0 radical (unpaired) electrons. The fraction of sp³-hybridized carbons (Fsp3) is 0.636. The molecule has 0 atom stereocenters. The first-order valence-electron chi connectivity index (χ1n) is 5.34. The molecular formula is C11H16N2OS. The zero-order chi connectivity index (χ0) is 10.7. The van der Waals surface area contributed by atoms with Crippen LogP contribution in [0.5, 0.6) is 0 Å². The Morgan fingerprint density at radius 2 is 2.33 bits per heavy atom. The highest BCUT2D eigenvalue weighted by Gasteiger charge is 2.19. The molecule has 0 saturated carbocycles. The van der Waals surface area contributed by atoms with Gasteiger partial charge >= 0.3 is 0 Å². The summed E-state index contributed by atoms with van der Waals surface area (Å²) in [7, 11) is 1.89. The average Bonchev–Trinajstić information content (AvgIpc) is 2.66. The van der Waals surface area contributed by atoms with Crippen molar-refractivity contribution in [3.8, 4) is 0 Å². The van der Waals surface area contributed by atoms with E-state index in [1.807, 2.05) is 23.4 Å². The number of nitrogens with zero attached hydrogens (tertiary/aromatic N) is 2.